The van der Waals surface area contributed by atoms with E-state index < -0.39 is 0 Å². The number of hydrogen-bond acceptors (Lipinski definition) is 7. The molecule has 0 bridgehead atoms. The molecule has 18 aromatic carbocycles. The Kier molecular flexibility index (Phi) is 13.2. The largest absolute Gasteiger partial charge is 0.455 e. The maximum absolute atomic E-state index is 6.55. The lowest BCUT2D eigenvalue weighted by atomic mass is 9.79. The van der Waals surface area contributed by atoms with E-state index in [4.69, 9.17) is 34.3 Å². The number of nitrogens with zero attached hydrogens (tertiary/aromatic N) is 6. The van der Waals surface area contributed by atoms with E-state index in [0.29, 0.717) is 34.9 Å². The monoisotopic (exact) mass is 1320 g/mol. The van der Waals surface area contributed by atoms with Gasteiger partial charge in [-0.2, -0.15) is 0 Å². The molecule has 0 saturated heterocycles. The van der Waals surface area contributed by atoms with E-state index in [1.807, 2.05) is 54.6 Å². The van der Waals surface area contributed by atoms with Crippen molar-refractivity contribution in [1.82, 2.24) is 29.9 Å². The molecule has 0 amide bonds. The smallest absolute Gasteiger partial charge is 0.164 e. The molecular formula is C97H60N6O. The fourth-order valence-electron chi connectivity index (χ4n) is 16.8. The second-order valence-electron chi connectivity index (χ2n) is 28.0. The molecule has 7 heteroatoms. The Balaban J connectivity index is 0.000000134. The Bertz CT molecular complexity index is 7200. The summed E-state index contributed by atoms with van der Waals surface area (Å²) in [6.07, 6.45) is 0. The summed E-state index contributed by atoms with van der Waals surface area (Å²) in [6, 6.07) is 116. The molecule has 0 aliphatic heterocycles. The van der Waals surface area contributed by atoms with E-state index in [2.05, 4.69) is 287 Å². The van der Waals surface area contributed by atoms with Gasteiger partial charge in [-0.1, -0.05) is 305 Å². The highest BCUT2D eigenvalue weighted by Gasteiger charge is 2.38. The van der Waals surface area contributed by atoms with E-state index in [1.165, 1.54) is 97.7 Å². The third kappa shape index (κ3) is 9.37. The van der Waals surface area contributed by atoms with Gasteiger partial charge in [-0.25, -0.2) is 29.9 Å². The van der Waals surface area contributed by atoms with Gasteiger partial charge in [0.1, 0.15) is 11.2 Å². The van der Waals surface area contributed by atoms with E-state index in [9.17, 15) is 0 Å². The van der Waals surface area contributed by atoms with Crippen molar-refractivity contribution in [3.8, 4) is 79.5 Å². The number of para-hydroxylation sites is 1. The number of hydrogen-bond donors (Lipinski definition) is 0. The average Bonchev–Trinajstić information content (AvgIpc) is 1.53. The predicted molar refractivity (Wildman–Crippen MR) is 432 cm³/mol. The highest BCUT2D eigenvalue weighted by molar-refractivity contribution is 6.35. The zero-order valence-electron chi connectivity index (χ0n) is 56.8. The molecule has 0 radical (unpaired) electrons. The van der Waals surface area contributed by atoms with Gasteiger partial charge in [-0.3, -0.25) is 0 Å². The normalized spacial score (nSPS) is 12.6. The lowest BCUT2D eigenvalue weighted by Crippen LogP contribution is -2.15. The summed E-state index contributed by atoms with van der Waals surface area (Å²) in [4.78, 5) is 30.5. The van der Waals surface area contributed by atoms with Crippen molar-refractivity contribution >= 4 is 130 Å². The molecule has 104 heavy (non-hydrogen) atoms. The number of rotatable bonds is 6. The van der Waals surface area contributed by atoms with Gasteiger partial charge in [-0.15, -0.1) is 0 Å². The van der Waals surface area contributed by atoms with Crippen molar-refractivity contribution in [2.75, 3.05) is 0 Å². The van der Waals surface area contributed by atoms with Gasteiger partial charge >= 0.3 is 0 Å². The minimum atomic E-state index is -0.0930. The fraction of sp³-hybridized carbons (Fsp3) is 0.0309. The van der Waals surface area contributed by atoms with Crippen LogP contribution in [0.4, 0.5) is 0 Å². The average molecular weight is 1330 g/mol. The lowest BCUT2D eigenvalue weighted by molar-refractivity contribution is 0.666. The second-order valence-corrected chi connectivity index (χ2v) is 28.0. The first-order chi connectivity index (χ1) is 51.3. The molecule has 0 saturated carbocycles. The molecule has 3 heterocycles. The summed E-state index contributed by atoms with van der Waals surface area (Å²) in [6.45, 7) is 4.74. The number of aromatic nitrogens is 6. The Morgan fingerprint density at radius 3 is 1.09 bits per heavy atom. The molecule has 0 atom stereocenters. The second kappa shape index (κ2) is 23.2. The molecule has 1 aliphatic rings. The van der Waals surface area contributed by atoms with Gasteiger partial charge in [0.25, 0.3) is 0 Å². The van der Waals surface area contributed by atoms with Crippen LogP contribution in [-0.4, -0.2) is 29.9 Å². The van der Waals surface area contributed by atoms with Gasteiger partial charge in [0.05, 0.1) is 0 Å². The van der Waals surface area contributed by atoms with Crippen LogP contribution in [0.3, 0.4) is 0 Å². The van der Waals surface area contributed by atoms with Gasteiger partial charge in [0.2, 0.25) is 0 Å². The molecule has 21 aromatic rings. The van der Waals surface area contributed by atoms with Gasteiger partial charge < -0.3 is 4.42 Å². The SMILES string of the molecule is CC1(C)c2ccccc2-c2c1c1ccccc1c1c2ccc2cc(-c3nc(-c4ccccc4)nc(-c4ccc5c(ccc6ccccc65)c4)n3)ccc21.c1ccc(-c2nc(-c3ccc4c(ccc5ccccc54)c3)nc(-c3ccc4c(ccc5c6oc7ccccc7c6c6ccccc6c45)c3)n2)cc1. The zero-order chi connectivity index (χ0) is 68.7. The van der Waals surface area contributed by atoms with Crippen molar-refractivity contribution in [2.24, 2.45) is 0 Å². The number of benzene rings is 18. The van der Waals surface area contributed by atoms with Gasteiger partial charge in [-0.05, 0) is 156 Å². The first-order valence-electron chi connectivity index (χ1n) is 35.5. The molecular weight excluding hydrogens is 1270 g/mol. The van der Waals surface area contributed by atoms with Crippen LogP contribution in [0.25, 0.3) is 209 Å². The molecule has 22 rings (SSSR count). The Hall–Kier alpha value is -13.6. The van der Waals surface area contributed by atoms with E-state index in [0.717, 1.165) is 87.6 Å². The summed E-state index contributed by atoms with van der Waals surface area (Å²) >= 11 is 0. The van der Waals surface area contributed by atoms with Crippen molar-refractivity contribution < 1.29 is 4.42 Å². The van der Waals surface area contributed by atoms with Crippen LogP contribution in [-0.2, 0) is 5.41 Å². The molecule has 484 valence electrons. The first kappa shape index (κ1) is 59.3. The molecule has 0 unspecified atom stereocenters. The van der Waals surface area contributed by atoms with Gasteiger partial charge in [0, 0.05) is 60.3 Å². The van der Waals surface area contributed by atoms with Crippen LogP contribution in [0.2, 0.25) is 0 Å². The van der Waals surface area contributed by atoms with Crippen molar-refractivity contribution in [3.63, 3.8) is 0 Å². The van der Waals surface area contributed by atoms with Crippen LogP contribution in [0.5, 0.6) is 0 Å². The third-order valence-electron chi connectivity index (χ3n) is 21.7. The summed E-state index contributed by atoms with van der Waals surface area (Å²) < 4.78 is 6.55. The minimum absolute atomic E-state index is 0.0930. The Morgan fingerprint density at radius 1 is 0.231 bits per heavy atom. The van der Waals surface area contributed by atoms with E-state index in [1.54, 1.807) is 0 Å². The molecule has 3 aromatic heterocycles. The topological polar surface area (TPSA) is 90.5 Å². The van der Waals surface area contributed by atoms with Crippen LogP contribution in [0.1, 0.15) is 25.0 Å². The Morgan fingerprint density at radius 2 is 0.567 bits per heavy atom. The highest BCUT2D eigenvalue weighted by Crippen LogP contribution is 2.56. The highest BCUT2D eigenvalue weighted by atomic mass is 16.3. The van der Waals surface area contributed by atoms with Crippen LogP contribution in [0.15, 0.2) is 332 Å². The van der Waals surface area contributed by atoms with E-state index in [-0.39, 0.29) is 5.41 Å². The lowest BCUT2D eigenvalue weighted by Gasteiger charge is -2.24. The molecule has 0 fully saturated rings. The molecule has 1 aliphatic carbocycles. The Labute approximate surface area is 597 Å². The van der Waals surface area contributed by atoms with Crippen LogP contribution >= 0.6 is 0 Å². The summed E-state index contributed by atoms with van der Waals surface area (Å²) in [7, 11) is 0. The number of fused-ring (bicyclic) bond motifs is 26. The summed E-state index contributed by atoms with van der Waals surface area (Å²) in [5, 5.41) is 26.6. The number of furan rings is 1. The van der Waals surface area contributed by atoms with Crippen molar-refractivity contribution in [2.45, 2.75) is 19.3 Å². The standard InChI is InChI=1S/C50H33N3.C47H27N3O/c1-50(2)43-19-11-10-18-41(43)45-42-27-22-33-29-35(24-26-38(33)44(42)39-16-8-9-17-40(39)46(45)50)49-52-47(31-13-4-3-5-14-31)51-48(53-49)34-23-25-37-32(28-34)21-20-30-12-6-7-15-36(30)37;1-2-11-29(12-3-1)45-48-46(32-21-23-35-30(26-32)19-18-28-10-4-5-13-34(28)35)50-47(49-45)33-22-24-36-31(27-33)20-25-40-42(36)37-14-6-7-15-38(37)43-39-16-8-9-17-41(39)51-44(40)43/h3-29H,1-2H3;1-27H. The van der Waals surface area contributed by atoms with Crippen molar-refractivity contribution in [1.29, 1.82) is 0 Å². The van der Waals surface area contributed by atoms with Crippen LogP contribution in [0, 0.1) is 0 Å². The zero-order valence-corrected chi connectivity index (χ0v) is 56.8. The fourth-order valence-corrected chi connectivity index (χ4v) is 16.8. The predicted octanol–water partition coefficient (Wildman–Crippen LogP) is 25.5. The van der Waals surface area contributed by atoms with Crippen LogP contribution < -0.4 is 0 Å². The molecule has 0 spiro atoms. The minimum Gasteiger partial charge on any atom is -0.455 e. The maximum atomic E-state index is 6.55. The molecule has 0 N–H and O–H groups in total. The molecule has 7 nitrogen and oxygen atoms in total. The van der Waals surface area contributed by atoms with E-state index >= 15 is 0 Å². The quantitative estimate of drug-likeness (QED) is 0.153. The van der Waals surface area contributed by atoms with Gasteiger partial charge in [0.15, 0.2) is 34.9 Å². The first-order valence-corrected chi connectivity index (χ1v) is 35.5. The third-order valence-corrected chi connectivity index (χ3v) is 21.7. The summed E-state index contributed by atoms with van der Waals surface area (Å²) in [5.41, 5.74) is 13.0. The maximum Gasteiger partial charge on any atom is 0.164 e. The summed E-state index contributed by atoms with van der Waals surface area (Å²) in [5.74, 6) is 3.90. The van der Waals surface area contributed by atoms with Crippen molar-refractivity contribution in [3.05, 3.63) is 339 Å².